The van der Waals surface area contributed by atoms with Crippen molar-refractivity contribution >= 4 is 27.5 Å². The number of amides is 1. The molecule has 0 spiro atoms. The summed E-state index contributed by atoms with van der Waals surface area (Å²) in [6.07, 6.45) is 1.78. The van der Waals surface area contributed by atoms with E-state index in [1.54, 1.807) is 23.1 Å². The quantitative estimate of drug-likeness (QED) is 0.818. The first-order valence-electron chi connectivity index (χ1n) is 7.95. The highest BCUT2D eigenvalue weighted by Gasteiger charge is 2.26. The number of hydrogen-bond donors (Lipinski definition) is 0. The molecule has 3 rings (SSSR count). The van der Waals surface area contributed by atoms with Crippen molar-refractivity contribution in [1.82, 2.24) is 9.21 Å². The fourth-order valence-corrected chi connectivity index (χ4v) is 3.95. The summed E-state index contributed by atoms with van der Waals surface area (Å²) < 4.78 is 30.4. The van der Waals surface area contributed by atoms with Gasteiger partial charge in [-0.1, -0.05) is 23.7 Å². The summed E-state index contributed by atoms with van der Waals surface area (Å²) in [7, 11) is -3.24. The summed E-state index contributed by atoms with van der Waals surface area (Å²) in [6.45, 7) is 1.55. The highest BCUT2D eigenvalue weighted by atomic mass is 35.5. The lowest BCUT2D eigenvalue weighted by molar-refractivity contribution is 0.0733. The van der Waals surface area contributed by atoms with Gasteiger partial charge in [-0.2, -0.15) is 0 Å². The topological polar surface area (TPSA) is 70.8 Å². The predicted molar refractivity (Wildman–Crippen MR) is 96.1 cm³/mol. The van der Waals surface area contributed by atoms with Crippen molar-refractivity contribution < 1.29 is 17.6 Å². The second kappa shape index (κ2) is 7.19. The third-order valence-electron chi connectivity index (χ3n) is 4.17. The van der Waals surface area contributed by atoms with Gasteiger partial charge in [0.25, 0.3) is 5.91 Å². The lowest BCUT2D eigenvalue weighted by Crippen LogP contribution is -2.36. The van der Waals surface area contributed by atoms with E-state index in [1.807, 2.05) is 18.2 Å². The maximum Gasteiger partial charge on any atom is 0.289 e. The first kappa shape index (κ1) is 18.0. The van der Waals surface area contributed by atoms with E-state index >= 15 is 0 Å². The second-order valence-electron chi connectivity index (χ2n) is 5.95. The van der Waals surface area contributed by atoms with Gasteiger partial charge in [-0.3, -0.25) is 4.79 Å². The van der Waals surface area contributed by atoms with Crippen LogP contribution in [0.5, 0.6) is 0 Å². The van der Waals surface area contributed by atoms with Gasteiger partial charge in [0, 0.05) is 31.7 Å². The Hall–Kier alpha value is -1.83. The number of carbonyl (C=O) groups is 1. The Morgan fingerprint density at radius 1 is 1.08 bits per heavy atom. The zero-order valence-corrected chi connectivity index (χ0v) is 15.4. The minimum atomic E-state index is -3.24. The molecular weight excluding hydrogens is 364 g/mol. The fourth-order valence-electron chi connectivity index (χ4n) is 2.84. The van der Waals surface area contributed by atoms with Crippen LogP contribution in [0.4, 0.5) is 0 Å². The van der Waals surface area contributed by atoms with Crippen LogP contribution in [0, 0.1) is 0 Å². The van der Waals surface area contributed by atoms with E-state index in [-0.39, 0.29) is 11.7 Å². The molecule has 0 atom stereocenters. The molecule has 6 nitrogen and oxygen atoms in total. The molecule has 1 saturated heterocycles. The molecule has 134 valence electrons. The third kappa shape index (κ3) is 4.05. The zero-order chi connectivity index (χ0) is 18.0. The molecule has 25 heavy (non-hydrogen) atoms. The molecular formula is C17H19ClN2O4S. The average molecular weight is 383 g/mol. The highest BCUT2D eigenvalue weighted by Crippen LogP contribution is 2.29. The minimum absolute atomic E-state index is 0.225. The Morgan fingerprint density at radius 2 is 1.84 bits per heavy atom. The van der Waals surface area contributed by atoms with Crippen LogP contribution >= 0.6 is 11.6 Å². The lowest BCUT2D eigenvalue weighted by atomic mass is 10.2. The standard InChI is InChI=1S/C17H19ClN2O4S/c1-25(22,23)20-10-4-9-19(11-12-20)17(21)16-8-7-15(24-16)13-5-2-3-6-14(13)18/h2-3,5-8H,4,9-12H2,1H3. The molecule has 1 aromatic heterocycles. The predicted octanol–water partition coefficient (Wildman–Crippen LogP) is 2.71. The smallest absolute Gasteiger partial charge is 0.289 e. The van der Waals surface area contributed by atoms with Gasteiger partial charge in [0.1, 0.15) is 5.76 Å². The van der Waals surface area contributed by atoms with E-state index in [4.69, 9.17) is 16.0 Å². The van der Waals surface area contributed by atoms with Gasteiger partial charge in [0.05, 0.1) is 11.3 Å². The monoisotopic (exact) mass is 382 g/mol. The summed E-state index contributed by atoms with van der Waals surface area (Å²) in [5.41, 5.74) is 0.724. The van der Waals surface area contributed by atoms with Crippen LogP contribution in [0.3, 0.4) is 0 Å². The van der Waals surface area contributed by atoms with Crippen LogP contribution < -0.4 is 0 Å². The van der Waals surface area contributed by atoms with Crippen LogP contribution in [0.2, 0.25) is 5.02 Å². The normalized spacial score (nSPS) is 16.6. The van der Waals surface area contributed by atoms with Gasteiger partial charge < -0.3 is 9.32 Å². The van der Waals surface area contributed by atoms with Crippen LogP contribution in [0.25, 0.3) is 11.3 Å². The van der Waals surface area contributed by atoms with Crippen LogP contribution in [0.1, 0.15) is 17.0 Å². The molecule has 2 aromatic rings. The lowest BCUT2D eigenvalue weighted by Gasteiger charge is -2.20. The van der Waals surface area contributed by atoms with Gasteiger partial charge in [-0.15, -0.1) is 0 Å². The van der Waals surface area contributed by atoms with Gasteiger partial charge in [-0.25, -0.2) is 12.7 Å². The number of sulfonamides is 1. The van der Waals surface area contributed by atoms with Crippen molar-refractivity contribution in [3.05, 3.63) is 47.2 Å². The molecule has 0 aliphatic carbocycles. The van der Waals surface area contributed by atoms with Crippen LogP contribution in [-0.4, -0.2) is 56.0 Å². The average Bonchev–Trinajstić information content (AvgIpc) is 2.90. The number of furan rings is 1. The van der Waals surface area contributed by atoms with E-state index in [0.29, 0.717) is 43.4 Å². The molecule has 2 heterocycles. The SMILES string of the molecule is CS(=O)(=O)N1CCCN(C(=O)c2ccc(-c3ccccc3Cl)o2)CC1. The van der Waals surface area contributed by atoms with Gasteiger partial charge in [0.15, 0.2) is 5.76 Å². The van der Waals surface area contributed by atoms with Crippen LogP contribution in [-0.2, 0) is 10.0 Å². The first-order valence-corrected chi connectivity index (χ1v) is 10.2. The van der Waals surface area contributed by atoms with Crippen molar-refractivity contribution in [3.63, 3.8) is 0 Å². The Morgan fingerprint density at radius 3 is 2.56 bits per heavy atom. The molecule has 0 radical (unpaired) electrons. The maximum absolute atomic E-state index is 12.7. The summed E-state index contributed by atoms with van der Waals surface area (Å²) in [6, 6.07) is 10.6. The van der Waals surface area contributed by atoms with Gasteiger partial charge >= 0.3 is 0 Å². The number of hydrogen-bond acceptors (Lipinski definition) is 4. The molecule has 0 unspecified atom stereocenters. The summed E-state index contributed by atoms with van der Waals surface area (Å²) >= 11 is 6.16. The Kier molecular flexibility index (Phi) is 5.17. The summed E-state index contributed by atoms with van der Waals surface area (Å²) in [5.74, 6) is 0.512. The molecule has 0 saturated carbocycles. The number of nitrogens with zero attached hydrogens (tertiary/aromatic N) is 2. The Bertz CT molecular complexity index is 878. The number of rotatable bonds is 3. The van der Waals surface area contributed by atoms with E-state index in [2.05, 4.69) is 0 Å². The fraction of sp³-hybridized carbons (Fsp3) is 0.353. The van der Waals surface area contributed by atoms with Crippen molar-refractivity contribution in [2.24, 2.45) is 0 Å². The molecule has 8 heteroatoms. The molecule has 0 N–H and O–H groups in total. The third-order valence-corrected chi connectivity index (χ3v) is 5.80. The Labute approximate surface area is 152 Å². The first-order chi connectivity index (χ1) is 11.9. The molecule has 1 amide bonds. The Balaban J connectivity index is 1.75. The van der Waals surface area contributed by atoms with Crippen molar-refractivity contribution in [2.75, 3.05) is 32.4 Å². The number of benzene rings is 1. The van der Waals surface area contributed by atoms with E-state index in [9.17, 15) is 13.2 Å². The minimum Gasteiger partial charge on any atom is -0.451 e. The zero-order valence-electron chi connectivity index (χ0n) is 13.8. The molecule has 1 aromatic carbocycles. The largest absolute Gasteiger partial charge is 0.451 e. The van der Waals surface area contributed by atoms with E-state index in [1.165, 1.54) is 10.6 Å². The van der Waals surface area contributed by atoms with Crippen molar-refractivity contribution in [3.8, 4) is 11.3 Å². The highest BCUT2D eigenvalue weighted by molar-refractivity contribution is 7.88. The van der Waals surface area contributed by atoms with Gasteiger partial charge in [-0.05, 0) is 30.7 Å². The van der Waals surface area contributed by atoms with Gasteiger partial charge in [0.2, 0.25) is 10.0 Å². The summed E-state index contributed by atoms with van der Waals surface area (Å²) in [4.78, 5) is 14.3. The summed E-state index contributed by atoms with van der Waals surface area (Å²) in [5, 5.41) is 0.550. The molecule has 1 aliphatic heterocycles. The van der Waals surface area contributed by atoms with Crippen LogP contribution in [0.15, 0.2) is 40.8 Å². The van der Waals surface area contributed by atoms with Crippen molar-refractivity contribution in [2.45, 2.75) is 6.42 Å². The molecule has 1 fully saturated rings. The number of carbonyl (C=O) groups excluding carboxylic acids is 1. The molecule has 1 aliphatic rings. The second-order valence-corrected chi connectivity index (χ2v) is 8.34. The van der Waals surface area contributed by atoms with E-state index < -0.39 is 10.0 Å². The maximum atomic E-state index is 12.7. The number of halogens is 1. The molecule has 0 bridgehead atoms. The van der Waals surface area contributed by atoms with E-state index in [0.717, 1.165) is 5.56 Å². The van der Waals surface area contributed by atoms with Crippen molar-refractivity contribution in [1.29, 1.82) is 0 Å².